The number of hydrogen-bond donors (Lipinski definition) is 1. The summed E-state index contributed by atoms with van der Waals surface area (Å²) in [7, 11) is 0. The van der Waals surface area contributed by atoms with E-state index in [2.05, 4.69) is 31.4 Å². The summed E-state index contributed by atoms with van der Waals surface area (Å²) in [4.78, 5) is 3.70. The Morgan fingerprint density at radius 2 is 1.91 bits per heavy atom. The predicted molar refractivity (Wildman–Crippen MR) is 127 cm³/mol. The van der Waals surface area contributed by atoms with Crippen LogP contribution in [0.5, 0.6) is 11.5 Å². The molecule has 174 valence electrons. The van der Waals surface area contributed by atoms with Gasteiger partial charge in [-0.05, 0) is 64.8 Å². The second kappa shape index (κ2) is 11.1. The Hall–Kier alpha value is -2.49. The lowest BCUT2D eigenvalue weighted by Gasteiger charge is -2.15. The van der Waals surface area contributed by atoms with Crippen LogP contribution in [0.15, 0.2) is 58.2 Å². The SMILES string of the molecule is CCOc1cc(/C=N\Nc2ccc(C(F)(F)F)cn2)cc(Br)c1OCc1ccc(Cl)cc1Cl. The lowest BCUT2D eigenvalue weighted by atomic mass is 10.2. The molecule has 0 amide bonds. The van der Waals surface area contributed by atoms with Gasteiger partial charge in [0.2, 0.25) is 0 Å². The van der Waals surface area contributed by atoms with Crippen molar-refractivity contribution in [3.05, 3.63) is 79.9 Å². The number of aromatic nitrogens is 1. The molecule has 1 N–H and O–H groups in total. The second-order valence-corrected chi connectivity index (χ2v) is 8.29. The largest absolute Gasteiger partial charge is 0.490 e. The fourth-order valence-electron chi connectivity index (χ4n) is 2.65. The van der Waals surface area contributed by atoms with Crippen LogP contribution in [0.3, 0.4) is 0 Å². The van der Waals surface area contributed by atoms with Crippen molar-refractivity contribution in [2.75, 3.05) is 12.0 Å². The number of hydrogen-bond acceptors (Lipinski definition) is 5. The first-order chi connectivity index (χ1) is 15.7. The Morgan fingerprint density at radius 3 is 2.55 bits per heavy atom. The molecule has 0 unspecified atom stereocenters. The van der Waals surface area contributed by atoms with Gasteiger partial charge in [0, 0.05) is 21.8 Å². The molecule has 0 radical (unpaired) electrons. The van der Waals surface area contributed by atoms with E-state index in [1.165, 1.54) is 12.3 Å². The second-order valence-electron chi connectivity index (χ2n) is 6.59. The molecule has 5 nitrogen and oxygen atoms in total. The normalized spacial score (nSPS) is 11.6. The third kappa shape index (κ3) is 6.99. The summed E-state index contributed by atoms with van der Waals surface area (Å²) in [6.07, 6.45) is -2.23. The van der Waals surface area contributed by atoms with Crippen LogP contribution < -0.4 is 14.9 Å². The van der Waals surface area contributed by atoms with Crippen molar-refractivity contribution >= 4 is 51.2 Å². The third-order valence-corrected chi connectivity index (χ3v) is 5.38. The average molecular weight is 563 g/mol. The van der Waals surface area contributed by atoms with Crippen LogP contribution in [0.2, 0.25) is 10.0 Å². The quantitative estimate of drug-likeness (QED) is 0.227. The number of pyridine rings is 1. The molecule has 0 bridgehead atoms. The summed E-state index contributed by atoms with van der Waals surface area (Å²) in [5, 5.41) is 5.04. The van der Waals surface area contributed by atoms with Crippen LogP contribution in [0.1, 0.15) is 23.6 Å². The van der Waals surface area contributed by atoms with Crippen LogP contribution >= 0.6 is 39.1 Å². The minimum absolute atomic E-state index is 0.170. The summed E-state index contributed by atoms with van der Waals surface area (Å²) < 4.78 is 50.1. The molecule has 0 atom stereocenters. The molecule has 0 aliphatic heterocycles. The molecular formula is C22H17BrCl2F3N3O2. The van der Waals surface area contributed by atoms with E-state index in [-0.39, 0.29) is 12.4 Å². The fraction of sp³-hybridized carbons (Fsp3) is 0.182. The van der Waals surface area contributed by atoms with Crippen molar-refractivity contribution in [2.45, 2.75) is 19.7 Å². The van der Waals surface area contributed by atoms with Gasteiger partial charge in [-0.15, -0.1) is 0 Å². The van der Waals surface area contributed by atoms with E-state index >= 15 is 0 Å². The van der Waals surface area contributed by atoms with Gasteiger partial charge in [0.1, 0.15) is 12.4 Å². The van der Waals surface area contributed by atoms with Gasteiger partial charge in [-0.25, -0.2) is 4.98 Å². The highest BCUT2D eigenvalue weighted by molar-refractivity contribution is 9.10. The van der Waals surface area contributed by atoms with Crippen molar-refractivity contribution < 1.29 is 22.6 Å². The summed E-state index contributed by atoms with van der Waals surface area (Å²) in [5.74, 6) is 1.13. The Bertz CT molecular complexity index is 1140. The third-order valence-electron chi connectivity index (χ3n) is 4.20. The van der Waals surface area contributed by atoms with Crippen molar-refractivity contribution in [3.8, 4) is 11.5 Å². The zero-order valence-corrected chi connectivity index (χ0v) is 20.2. The molecule has 3 aromatic rings. The van der Waals surface area contributed by atoms with Gasteiger partial charge in [-0.2, -0.15) is 18.3 Å². The molecule has 33 heavy (non-hydrogen) atoms. The van der Waals surface area contributed by atoms with Crippen molar-refractivity contribution in [1.82, 2.24) is 4.98 Å². The number of nitrogens with zero attached hydrogens (tertiary/aromatic N) is 2. The van der Waals surface area contributed by atoms with E-state index in [9.17, 15) is 13.2 Å². The number of rotatable bonds is 8. The highest BCUT2D eigenvalue weighted by atomic mass is 79.9. The van der Waals surface area contributed by atoms with Crippen LogP contribution in [0.25, 0.3) is 0 Å². The number of alkyl halides is 3. The molecule has 0 aliphatic rings. The first-order valence-corrected chi connectivity index (χ1v) is 11.1. The van der Waals surface area contributed by atoms with E-state index in [0.29, 0.717) is 38.2 Å². The number of nitrogens with one attached hydrogen (secondary N) is 1. The van der Waals surface area contributed by atoms with E-state index in [1.807, 2.05) is 6.92 Å². The Morgan fingerprint density at radius 1 is 1.12 bits per heavy atom. The highest BCUT2D eigenvalue weighted by Crippen LogP contribution is 2.37. The monoisotopic (exact) mass is 561 g/mol. The molecule has 0 spiro atoms. The van der Waals surface area contributed by atoms with Gasteiger partial charge in [-0.1, -0.05) is 29.3 Å². The van der Waals surface area contributed by atoms with Gasteiger partial charge >= 0.3 is 6.18 Å². The zero-order chi connectivity index (χ0) is 24.0. The smallest absolute Gasteiger partial charge is 0.417 e. The Labute approximate surface area is 206 Å². The lowest BCUT2D eigenvalue weighted by molar-refractivity contribution is -0.137. The molecule has 1 aromatic heterocycles. The summed E-state index contributed by atoms with van der Waals surface area (Å²) in [6.45, 7) is 2.44. The molecule has 0 saturated carbocycles. The lowest BCUT2D eigenvalue weighted by Crippen LogP contribution is -2.05. The predicted octanol–water partition coefficient (Wildman–Crippen LogP) is 7.59. The number of anilines is 1. The number of ether oxygens (including phenoxy) is 2. The molecule has 0 fully saturated rings. The molecule has 0 aliphatic carbocycles. The average Bonchev–Trinajstić information content (AvgIpc) is 2.74. The minimum Gasteiger partial charge on any atom is -0.490 e. The van der Waals surface area contributed by atoms with E-state index < -0.39 is 11.7 Å². The standard InChI is InChI=1S/C22H17BrCl2F3N3O2/c1-2-32-19-8-13(10-30-31-20-6-4-15(11-29-20)22(26,27)28)7-17(23)21(19)33-12-14-3-5-16(24)9-18(14)25/h3-11H,2,12H2,1H3,(H,29,31)/b30-10-. The first kappa shape index (κ1) is 25.1. The van der Waals surface area contributed by atoms with Crippen LogP contribution in [0, 0.1) is 0 Å². The van der Waals surface area contributed by atoms with E-state index in [1.54, 1.807) is 30.3 Å². The van der Waals surface area contributed by atoms with E-state index in [0.717, 1.165) is 17.8 Å². The Kier molecular flexibility index (Phi) is 8.45. The Balaban J connectivity index is 1.73. The molecule has 3 rings (SSSR count). The zero-order valence-electron chi connectivity index (χ0n) is 17.1. The number of hydrazone groups is 1. The molecular weight excluding hydrogens is 546 g/mol. The summed E-state index contributed by atoms with van der Waals surface area (Å²) in [5.41, 5.74) is 3.17. The van der Waals surface area contributed by atoms with E-state index in [4.69, 9.17) is 32.7 Å². The number of halogens is 6. The topological polar surface area (TPSA) is 55.7 Å². The summed E-state index contributed by atoms with van der Waals surface area (Å²) in [6, 6.07) is 10.7. The van der Waals surface area contributed by atoms with Gasteiger partial charge in [-0.3, -0.25) is 5.43 Å². The molecule has 2 aromatic carbocycles. The number of benzene rings is 2. The van der Waals surface area contributed by atoms with Crippen molar-refractivity contribution in [2.24, 2.45) is 5.10 Å². The summed E-state index contributed by atoms with van der Waals surface area (Å²) >= 11 is 15.6. The van der Waals surface area contributed by atoms with Gasteiger partial charge in [0.05, 0.1) is 22.9 Å². The van der Waals surface area contributed by atoms with Crippen molar-refractivity contribution in [1.29, 1.82) is 0 Å². The molecule has 11 heteroatoms. The van der Waals surface area contributed by atoms with Crippen LogP contribution in [0.4, 0.5) is 19.0 Å². The maximum Gasteiger partial charge on any atom is 0.417 e. The minimum atomic E-state index is -4.44. The first-order valence-electron chi connectivity index (χ1n) is 9.52. The fourth-order valence-corrected chi connectivity index (χ4v) is 3.69. The van der Waals surface area contributed by atoms with Crippen LogP contribution in [-0.2, 0) is 12.8 Å². The van der Waals surface area contributed by atoms with Gasteiger partial charge in [0.15, 0.2) is 11.5 Å². The highest BCUT2D eigenvalue weighted by Gasteiger charge is 2.30. The van der Waals surface area contributed by atoms with Crippen LogP contribution in [-0.4, -0.2) is 17.8 Å². The molecule has 0 saturated heterocycles. The van der Waals surface area contributed by atoms with Gasteiger partial charge < -0.3 is 9.47 Å². The van der Waals surface area contributed by atoms with Gasteiger partial charge in [0.25, 0.3) is 0 Å². The maximum absolute atomic E-state index is 12.6. The maximum atomic E-state index is 12.6. The van der Waals surface area contributed by atoms with Crippen molar-refractivity contribution in [3.63, 3.8) is 0 Å². The molecule has 1 heterocycles.